The third-order valence-electron chi connectivity index (χ3n) is 2.34. The monoisotopic (exact) mass is 188 g/mol. The number of pyridine rings is 1. The Labute approximate surface area is 82.5 Å². The van der Waals surface area contributed by atoms with Crippen molar-refractivity contribution in [2.75, 3.05) is 12.8 Å². The van der Waals surface area contributed by atoms with E-state index in [-0.39, 0.29) is 0 Å². The van der Waals surface area contributed by atoms with Crippen LogP contribution < -0.4 is 10.5 Å². The van der Waals surface area contributed by atoms with Crippen LogP contribution in [0.4, 0.5) is 5.69 Å². The Bertz CT molecular complexity index is 480. The van der Waals surface area contributed by atoms with Gasteiger partial charge in [-0.05, 0) is 30.7 Å². The summed E-state index contributed by atoms with van der Waals surface area (Å²) in [5.74, 6) is 0.702. The number of benzene rings is 1. The van der Waals surface area contributed by atoms with E-state index < -0.39 is 0 Å². The van der Waals surface area contributed by atoms with Crippen molar-refractivity contribution in [2.24, 2.45) is 0 Å². The summed E-state index contributed by atoms with van der Waals surface area (Å²) in [6, 6.07) is 5.69. The second kappa shape index (κ2) is 3.18. The second-order valence-corrected chi connectivity index (χ2v) is 3.20. The lowest BCUT2D eigenvalue weighted by Gasteiger charge is -2.08. The molecule has 14 heavy (non-hydrogen) atoms. The number of fused-ring (bicyclic) bond motifs is 1. The fraction of sp³-hybridized carbons (Fsp3) is 0.182. The first-order valence-electron chi connectivity index (χ1n) is 4.42. The Morgan fingerprint density at radius 3 is 2.79 bits per heavy atom. The van der Waals surface area contributed by atoms with Crippen LogP contribution in [0.3, 0.4) is 0 Å². The van der Waals surface area contributed by atoms with Crippen molar-refractivity contribution in [1.82, 2.24) is 4.98 Å². The summed E-state index contributed by atoms with van der Waals surface area (Å²) in [4.78, 5) is 4.24. The lowest BCUT2D eigenvalue weighted by molar-refractivity contribution is 0.417. The molecule has 1 aromatic carbocycles. The van der Waals surface area contributed by atoms with Gasteiger partial charge < -0.3 is 10.5 Å². The molecule has 0 unspecified atom stereocenters. The topological polar surface area (TPSA) is 48.1 Å². The molecule has 0 amide bonds. The first-order chi connectivity index (χ1) is 6.74. The average Bonchev–Trinajstić information content (AvgIpc) is 2.18. The summed E-state index contributed by atoms with van der Waals surface area (Å²) in [7, 11) is 1.61. The lowest BCUT2D eigenvalue weighted by Crippen LogP contribution is -1.95. The van der Waals surface area contributed by atoms with Crippen molar-refractivity contribution in [3.63, 3.8) is 0 Å². The van der Waals surface area contributed by atoms with Crippen molar-refractivity contribution in [1.29, 1.82) is 0 Å². The van der Waals surface area contributed by atoms with Crippen LogP contribution in [0.15, 0.2) is 24.4 Å². The third kappa shape index (κ3) is 1.18. The number of methoxy groups -OCH3 is 1. The highest BCUT2D eigenvalue weighted by atomic mass is 16.5. The van der Waals surface area contributed by atoms with Crippen LogP contribution in [-0.4, -0.2) is 12.1 Å². The van der Waals surface area contributed by atoms with Crippen LogP contribution >= 0.6 is 0 Å². The lowest BCUT2D eigenvalue weighted by atomic mass is 10.1. The molecule has 0 fully saturated rings. The van der Waals surface area contributed by atoms with E-state index in [2.05, 4.69) is 4.98 Å². The van der Waals surface area contributed by atoms with Gasteiger partial charge in [-0.2, -0.15) is 0 Å². The highest BCUT2D eigenvalue weighted by Crippen LogP contribution is 2.31. The molecule has 0 aliphatic rings. The van der Waals surface area contributed by atoms with E-state index in [1.807, 2.05) is 25.1 Å². The van der Waals surface area contributed by atoms with Crippen molar-refractivity contribution in [3.8, 4) is 5.75 Å². The van der Waals surface area contributed by atoms with E-state index >= 15 is 0 Å². The minimum Gasteiger partial charge on any atom is -0.495 e. The minimum atomic E-state index is 0.663. The van der Waals surface area contributed by atoms with Gasteiger partial charge in [-0.1, -0.05) is 0 Å². The average molecular weight is 188 g/mol. The van der Waals surface area contributed by atoms with Crippen molar-refractivity contribution >= 4 is 16.6 Å². The Balaban J connectivity index is 2.86. The van der Waals surface area contributed by atoms with Gasteiger partial charge in [-0.3, -0.25) is 4.98 Å². The van der Waals surface area contributed by atoms with E-state index in [4.69, 9.17) is 10.5 Å². The number of aryl methyl sites for hydroxylation is 1. The molecule has 1 aromatic heterocycles. The Hall–Kier alpha value is -1.77. The van der Waals surface area contributed by atoms with E-state index in [9.17, 15) is 0 Å². The fourth-order valence-corrected chi connectivity index (χ4v) is 1.60. The summed E-state index contributed by atoms with van der Waals surface area (Å²) in [6.07, 6.45) is 1.78. The SMILES string of the molecule is COc1ccc2nccc(C)c2c1N. The molecular formula is C11H12N2O. The third-order valence-corrected chi connectivity index (χ3v) is 2.34. The van der Waals surface area contributed by atoms with Crippen molar-refractivity contribution in [3.05, 3.63) is 30.0 Å². The van der Waals surface area contributed by atoms with Gasteiger partial charge in [0.15, 0.2) is 0 Å². The molecule has 0 saturated heterocycles. The molecule has 1 heterocycles. The van der Waals surface area contributed by atoms with E-state index in [1.165, 1.54) is 0 Å². The summed E-state index contributed by atoms with van der Waals surface area (Å²) in [5.41, 5.74) is 8.65. The summed E-state index contributed by atoms with van der Waals surface area (Å²) < 4.78 is 5.16. The summed E-state index contributed by atoms with van der Waals surface area (Å²) >= 11 is 0. The maximum atomic E-state index is 5.97. The van der Waals surface area contributed by atoms with Crippen LogP contribution in [0.1, 0.15) is 5.56 Å². The van der Waals surface area contributed by atoms with Crippen LogP contribution in [0.25, 0.3) is 10.9 Å². The molecule has 0 aliphatic carbocycles. The molecule has 3 heteroatoms. The van der Waals surface area contributed by atoms with Gasteiger partial charge in [0.05, 0.1) is 18.3 Å². The van der Waals surface area contributed by atoms with Crippen molar-refractivity contribution < 1.29 is 4.74 Å². The van der Waals surface area contributed by atoms with Crippen molar-refractivity contribution in [2.45, 2.75) is 6.92 Å². The van der Waals surface area contributed by atoms with Gasteiger partial charge in [-0.25, -0.2) is 0 Å². The van der Waals surface area contributed by atoms with E-state index in [0.29, 0.717) is 11.4 Å². The first kappa shape index (κ1) is 8.81. The summed E-state index contributed by atoms with van der Waals surface area (Å²) in [5, 5.41) is 0.979. The van der Waals surface area contributed by atoms with Crippen LogP contribution in [0.5, 0.6) is 5.75 Å². The molecule has 72 valence electrons. The summed E-state index contributed by atoms with van der Waals surface area (Å²) in [6.45, 7) is 2.01. The van der Waals surface area contributed by atoms with Gasteiger partial charge in [0.25, 0.3) is 0 Å². The zero-order chi connectivity index (χ0) is 10.1. The Morgan fingerprint density at radius 1 is 1.29 bits per heavy atom. The number of hydrogen-bond donors (Lipinski definition) is 1. The number of anilines is 1. The van der Waals surface area contributed by atoms with Crippen LogP contribution in [-0.2, 0) is 0 Å². The standard InChI is InChI=1S/C11H12N2O/c1-7-5-6-13-8-3-4-9(14-2)11(12)10(7)8/h3-6H,12H2,1-2H3. The fourth-order valence-electron chi connectivity index (χ4n) is 1.60. The normalized spacial score (nSPS) is 10.4. The number of hydrogen-bond acceptors (Lipinski definition) is 3. The molecule has 2 N–H and O–H groups in total. The number of nitrogens with two attached hydrogens (primary N) is 1. The van der Waals surface area contributed by atoms with Crippen LogP contribution in [0, 0.1) is 6.92 Å². The highest BCUT2D eigenvalue weighted by molar-refractivity contribution is 5.95. The second-order valence-electron chi connectivity index (χ2n) is 3.20. The van der Waals surface area contributed by atoms with Gasteiger partial charge in [-0.15, -0.1) is 0 Å². The molecule has 0 spiro atoms. The van der Waals surface area contributed by atoms with E-state index in [0.717, 1.165) is 16.5 Å². The van der Waals surface area contributed by atoms with Gasteiger partial charge in [0.1, 0.15) is 5.75 Å². The molecule has 0 bridgehead atoms. The van der Waals surface area contributed by atoms with Gasteiger partial charge >= 0.3 is 0 Å². The Kier molecular flexibility index (Phi) is 2.00. The zero-order valence-corrected chi connectivity index (χ0v) is 8.24. The predicted octanol–water partition coefficient (Wildman–Crippen LogP) is 2.13. The maximum Gasteiger partial charge on any atom is 0.142 e. The molecule has 0 saturated carbocycles. The maximum absolute atomic E-state index is 5.97. The molecule has 2 rings (SSSR count). The molecular weight excluding hydrogens is 176 g/mol. The molecule has 0 aliphatic heterocycles. The van der Waals surface area contributed by atoms with Gasteiger partial charge in [0.2, 0.25) is 0 Å². The number of rotatable bonds is 1. The zero-order valence-electron chi connectivity index (χ0n) is 8.24. The predicted molar refractivity (Wildman–Crippen MR) is 57.4 cm³/mol. The number of nitrogen functional groups attached to an aromatic ring is 1. The molecule has 3 nitrogen and oxygen atoms in total. The molecule has 2 aromatic rings. The van der Waals surface area contributed by atoms with Crippen LogP contribution in [0.2, 0.25) is 0 Å². The molecule has 0 atom stereocenters. The first-order valence-corrected chi connectivity index (χ1v) is 4.42. The molecule has 0 radical (unpaired) electrons. The number of nitrogens with zero attached hydrogens (tertiary/aromatic N) is 1. The highest BCUT2D eigenvalue weighted by Gasteiger charge is 2.06. The number of ether oxygens (including phenoxy) is 1. The quantitative estimate of drug-likeness (QED) is 0.697. The largest absolute Gasteiger partial charge is 0.495 e. The minimum absolute atomic E-state index is 0.663. The van der Waals surface area contributed by atoms with Gasteiger partial charge in [0, 0.05) is 11.6 Å². The Morgan fingerprint density at radius 2 is 2.07 bits per heavy atom. The smallest absolute Gasteiger partial charge is 0.142 e. The van der Waals surface area contributed by atoms with E-state index in [1.54, 1.807) is 13.3 Å². The number of aromatic nitrogens is 1.